The van der Waals surface area contributed by atoms with Crippen LogP contribution in [0, 0.1) is 12.8 Å². The molecule has 0 aromatic carbocycles. The summed E-state index contributed by atoms with van der Waals surface area (Å²) in [6.45, 7) is 1.87. The molecule has 8 nitrogen and oxygen atoms in total. The van der Waals surface area contributed by atoms with E-state index in [0.29, 0.717) is 12.8 Å². The Balaban J connectivity index is 0.000000345. The predicted octanol–water partition coefficient (Wildman–Crippen LogP) is 1.93. The SMILES string of the molecule is Cc1nc2c(c(NC3CC(C(=O)O)CC3O)n1)CCCC2.O=C(O)C(F)(F)F. The van der Waals surface area contributed by atoms with Crippen LogP contribution in [0.4, 0.5) is 19.0 Å². The fraction of sp³-hybridized carbons (Fsp3) is 0.647. The topological polar surface area (TPSA) is 133 Å². The summed E-state index contributed by atoms with van der Waals surface area (Å²) >= 11 is 0. The number of aliphatic carboxylic acids is 2. The van der Waals surface area contributed by atoms with Crippen molar-refractivity contribution < 1.29 is 38.1 Å². The molecule has 0 spiro atoms. The van der Waals surface area contributed by atoms with Crippen LogP contribution < -0.4 is 5.32 Å². The minimum Gasteiger partial charge on any atom is -0.481 e. The Morgan fingerprint density at radius 2 is 1.71 bits per heavy atom. The molecule has 0 bridgehead atoms. The first-order chi connectivity index (χ1) is 13.0. The second-order valence-corrected chi connectivity index (χ2v) is 6.88. The largest absolute Gasteiger partial charge is 0.490 e. The molecule has 28 heavy (non-hydrogen) atoms. The first-order valence-corrected chi connectivity index (χ1v) is 8.83. The molecule has 3 atom stereocenters. The average Bonchev–Trinajstić information content (AvgIpc) is 2.95. The van der Waals surface area contributed by atoms with Crippen LogP contribution in [-0.4, -0.2) is 55.5 Å². The normalized spacial score (nSPS) is 24.0. The summed E-state index contributed by atoms with van der Waals surface area (Å²) < 4.78 is 31.7. The van der Waals surface area contributed by atoms with Crippen molar-refractivity contribution in [1.29, 1.82) is 0 Å². The maximum Gasteiger partial charge on any atom is 0.490 e. The number of nitrogens with one attached hydrogen (secondary N) is 1. The maximum absolute atomic E-state index is 11.1. The van der Waals surface area contributed by atoms with E-state index >= 15 is 0 Å². The van der Waals surface area contributed by atoms with E-state index in [0.717, 1.165) is 48.6 Å². The zero-order valence-corrected chi connectivity index (χ0v) is 15.2. The van der Waals surface area contributed by atoms with Crippen LogP contribution in [0.15, 0.2) is 0 Å². The quantitative estimate of drug-likeness (QED) is 0.600. The van der Waals surface area contributed by atoms with Crippen LogP contribution in [0.3, 0.4) is 0 Å². The highest BCUT2D eigenvalue weighted by molar-refractivity contribution is 5.73. The van der Waals surface area contributed by atoms with Gasteiger partial charge in [0.1, 0.15) is 11.6 Å². The van der Waals surface area contributed by atoms with Gasteiger partial charge in [-0.25, -0.2) is 14.8 Å². The van der Waals surface area contributed by atoms with E-state index in [1.807, 2.05) is 6.92 Å². The van der Waals surface area contributed by atoms with Crippen molar-refractivity contribution in [3.63, 3.8) is 0 Å². The van der Waals surface area contributed by atoms with Crippen LogP contribution in [0.1, 0.15) is 42.8 Å². The number of halogens is 3. The maximum atomic E-state index is 11.1. The summed E-state index contributed by atoms with van der Waals surface area (Å²) in [5.41, 5.74) is 2.23. The monoisotopic (exact) mass is 405 g/mol. The van der Waals surface area contributed by atoms with Gasteiger partial charge in [0.2, 0.25) is 0 Å². The van der Waals surface area contributed by atoms with Gasteiger partial charge in [0.05, 0.1) is 18.1 Å². The third kappa shape index (κ3) is 5.54. The van der Waals surface area contributed by atoms with Crippen molar-refractivity contribution in [1.82, 2.24) is 9.97 Å². The smallest absolute Gasteiger partial charge is 0.481 e. The highest BCUT2D eigenvalue weighted by atomic mass is 19.4. The van der Waals surface area contributed by atoms with E-state index in [1.54, 1.807) is 0 Å². The van der Waals surface area contributed by atoms with Gasteiger partial charge in [-0.3, -0.25) is 4.79 Å². The molecule has 1 saturated carbocycles. The number of hydrogen-bond donors (Lipinski definition) is 4. The Hall–Kier alpha value is -2.43. The van der Waals surface area contributed by atoms with Crippen LogP contribution in [-0.2, 0) is 22.4 Å². The lowest BCUT2D eigenvalue weighted by atomic mass is 9.96. The van der Waals surface area contributed by atoms with Gasteiger partial charge in [0.25, 0.3) is 0 Å². The lowest BCUT2D eigenvalue weighted by Crippen LogP contribution is -2.30. The predicted molar refractivity (Wildman–Crippen MR) is 90.9 cm³/mol. The summed E-state index contributed by atoms with van der Waals surface area (Å²) in [7, 11) is 0. The highest BCUT2D eigenvalue weighted by Gasteiger charge is 2.38. The average molecular weight is 405 g/mol. The number of alkyl halides is 3. The van der Waals surface area contributed by atoms with E-state index in [9.17, 15) is 23.1 Å². The van der Waals surface area contributed by atoms with E-state index in [4.69, 9.17) is 15.0 Å². The number of fused-ring (bicyclic) bond motifs is 1. The highest BCUT2D eigenvalue weighted by Crippen LogP contribution is 2.31. The number of aliphatic hydroxyl groups excluding tert-OH is 1. The fourth-order valence-corrected chi connectivity index (χ4v) is 3.38. The molecule has 0 aliphatic heterocycles. The first-order valence-electron chi connectivity index (χ1n) is 8.83. The number of carbonyl (C=O) groups is 2. The third-order valence-corrected chi connectivity index (χ3v) is 4.74. The van der Waals surface area contributed by atoms with Crippen molar-refractivity contribution >= 4 is 17.8 Å². The number of carboxylic acid groups (broad SMARTS) is 2. The van der Waals surface area contributed by atoms with Gasteiger partial charge in [0.15, 0.2) is 0 Å². The van der Waals surface area contributed by atoms with Crippen molar-refractivity contribution in [3.05, 3.63) is 17.1 Å². The van der Waals surface area contributed by atoms with Crippen LogP contribution >= 0.6 is 0 Å². The molecule has 2 aliphatic carbocycles. The number of anilines is 1. The molecule has 1 aromatic rings. The summed E-state index contributed by atoms with van der Waals surface area (Å²) in [5.74, 6) is -2.56. The van der Waals surface area contributed by atoms with Crippen LogP contribution in [0.2, 0.25) is 0 Å². The molecule has 1 heterocycles. The second-order valence-electron chi connectivity index (χ2n) is 6.88. The fourth-order valence-electron chi connectivity index (χ4n) is 3.38. The second kappa shape index (κ2) is 8.72. The zero-order valence-electron chi connectivity index (χ0n) is 15.2. The molecule has 1 aromatic heterocycles. The van der Waals surface area contributed by atoms with Gasteiger partial charge >= 0.3 is 18.1 Å². The molecule has 0 amide bonds. The Morgan fingerprint density at radius 1 is 1.11 bits per heavy atom. The molecule has 3 unspecified atom stereocenters. The standard InChI is InChI=1S/C15H21N3O3.C2HF3O2/c1-8-16-11-5-3-2-4-10(11)14(17-8)18-12-6-9(15(20)21)7-13(12)19;3-2(4,5)1(6)7/h9,12-13,19H,2-7H2,1H3,(H,20,21)(H,16,17,18);(H,6,7). The summed E-state index contributed by atoms with van der Waals surface area (Å²) in [4.78, 5) is 28.9. The molecule has 156 valence electrons. The summed E-state index contributed by atoms with van der Waals surface area (Å²) in [6.07, 6.45) is -0.787. The molecule has 3 rings (SSSR count). The van der Waals surface area contributed by atoms with Gasteiger partial charge in [0, 0.05) is 11.3 Å². The third-order valence-electron chi connectivity index (χ3n) is 4.74. The molecular weight excluding hydrogens is 383 g/mol. The van der Waals surface area contributed by atoms with Crippen molar-refractivity contribution in [2.45, 2.75) is 63.8 Å². The Labute approximate surface area is 158 Å². The Kier molecular flexibility index (Phi) is 6.81. The number of aryl methyl sites for hydroxylation is 2. The van der Waals surface area contributed by atoms with Gasteiger partial charge in [-0.1, -0.05) is 0 Å². The van der Waals surface area contributed by atoms with Gasteiger partial charge in [-0.05, 0) is 45.4 Å². The molecule has 2 aliphatic rings. The molecular formula is C17H22F3N3O5. The number of carboxylic acids is 2. The number of aromatic nitrogens is 2. The number of hydrogen-bond acceptors (Lipinski definition) is 6. The van der Waals surface area contributed by atoms with Crippen molar-refractivity contribution in [2.24, 2.45) is 5.92 Å². The molecule has 0 saturated heterocycles. The number of aliphatic hydroxyl groups is 1. The summed E-state index contributed by atoms with van der Waals surface area (Å²) in [6, 6.07) is -0.244. The van der Waals surface area contributed by atoms with Gasteiger partial charge in [-0.15, -0.1) is 0 Å². The van der Waals surface area contributed by atoms with E-state index in [-0.39, 0.29) is 6.04 Å². The Bertz CT molecular complexity index is 741. The van der Waals surface area contributed by atoms with Crippen LogP contribution in [0.5, 0.6) is 0 Å². The lowest BCUT2D eigenvalue weighted by Gasteiger charge is -2.23. The number of nitrogens with zero attached hydrogens (tertiary/aromatic N) is 2. The minimum absolute atomic E-state index is 0.244. The van der Waals surface area contributed by atoms with E-state index in [1.165, 1.54) is 0 Å². The van der Waals surface area contributed by atoms with Crippen molar-refractivity contribution in [3.8, 4) is 0 Å². The van der Waals surface area contributed by atoms with E-state index in [2.05, 4.69) is 15.3 Å². The number of rotatable bonds is 3. The van der Waals surface area contributed by atoms with Gasteiger partial charge < -0.3 is 20.6 Å². The molecule has 4 N–H and O–H groups in total. The van der Waals surface area contributed by atoms with Gasteiger partial charge in [-0.2, -0.15) is 13.2 Å². The zero-order chi connectivity index (χ0) is 21.1. The van der Waals surface area contributed by atoms with Crippen LogP contribution in [0.25, 0.3) is 0 Å². The minimum atomic E-state index is -5.08. The van der Waals surface area contributed by atoms with E-state index < -0.39 is 30.1 Å². The molecule has 0 radical (unpaired) electrons. The lowest BCUT2D eigenvalue weighted by molar-refractivity contribution is -0.192. The summed E-state index contributed by atoms with van der Waals surface area (Å²) in [5, 5.41) is 29.6. The first kappa shape index (κ1) is 21.9. The Morgan fingerprint density at radius 3 is 2.25 bits per heavy atom. The molecule has 11 heteroatoms. The molecule has 1 fully saturated rings. The van der Waals surface area contributed by atoms with Crippen molar-refractivity contribution in [2.75, 3.05) is 5.32 Å².